The Balaban J connectivity index is 1.28. The second-order valence-corrected chi connectivity index (χ2v) is 8.20. The summed E-state index contributed by atoms with van der Waals surface area (Å²) in [7, 11) is 0. The molecule has 1 aliphatic carbocycles. The topological polar surface area (TPSA) is 87.3 Å². The normalized spacial score (nSPS) is 16.1. The summed E-state index contributed by atoms with van der Waals surface area (Å²) >= 11 is 0. The van der Waals surface area contributed by atoms with Gasteiger partial charge in [-0.2, -0.15) is 0 Å². The van der Waals surface area contributed by atoms with Crippen LogP contribution in [0.5, 0.6) is 0 Å². The van der Waals surface area contributed by atoms with Crippen LogP contribution < -0.4 is 16.1 Å². The van der Waals surface area contributed by atoms with Gasteiger partial charge in [-0.3, -0.25) is 9.69 Å². The van der Waals surface area contributed by atoms with Gasteiger partial charge in [0.2, 0.25) is 5.95 Å². The van der Waals surface area contributed by atoms with E-state index in [1.165, 1.54) is 25.3 Å². The van der Waals surface area contributed by atoms with Gasteiger partial charge in [0.1, 0.15) is 29.5 Å². The van der Waals surface area contributed by atoms with Crippen LogP contribution in [-0.4, -0.2) is 33.2 Å². The molecule has 0 atom stereocenters. The van der Waals surface area contributed by atoms with E-state index in [9.17, 15) is 8.78 Å². The van der Waals surface area contributed by atoms with Gasteiger partial charge in [-0.05, 0) is 49.1 Å². The minimum atomic E-state index is -0.701. The number of nitrogens with one attached hydrogen (secondary N) is 2. The molecule has 4 aromatic rings. The highest BCUT2D eigenvalue weighted by Crippen LogP contribution is 2.32. The molecule has 0 bridgehead atoms. The van der Waals surface area contributed by atoms with E-state index < -0.39 is 11.6 Å². The highest BCUT2D eigenvalue weighted by atomic mass is 19.1. The fraction of sp³-hybridized carbons (Fsp3) is 0.217. The number of imidazole rings is 1. The first-order valence-corrected chi connectivity index (χ1v) is 10.6. The van der Waals surface area contributed by atoms with E-state index >= 15 is 0 Å². The van der Waals surface area contributed by atoms with Crippen LogP contribution in [0.4, 0.5) is 20.4 Å². The maximum atomic E-state index is 13.9. The van der Waals surface area contributed by atoms with Crippen molar-refractivity contribution in [1.29, 1.82) is 0 Å². The Hall–Kier alpha value is -3.88. The molecule has 1 aliphatic heterocycles. The Morgan fingerprint density at radius 2 is 1.91 bits per heavy atom. The molecule has 162 valence electrons. The predicted molar refractivity (Wildman–Crippen MR) is 121 cm³/mol. The quantitative estimate of drug-likeness (QED) is 0.450. The van der Waals surface area contributed by atoms with Gasteiger partial charge >= 0.3 is 0 Å². The van der Waals surface area contributed by atoms with Crippen molar-refractivity contribution in [2.24, 2.45) is 10.7 Å². The average Bonchev–Trinajstić information content (AvgIpc) is 3.34. The number of nitrogens with two attached hydrogens (primary N) is 1. The lowest BCUT2D eigenvalue weighted by Gasteiger charge is -2.41. The zero-order valence-corrected chi connectivity index (χ0v) is 17.1. The molecular formula is C23H21F2N7. The number of aliphatic imine (C=N–C) groups is 1. The number of aromatic amines is 1. The Morgan fingerprint density at radius 3 is 2.66 bits per heavy atom. The summed E-state index contributed by atoms with van der Waals surface area (Å²) in [4.78, 5) is 11.6. The number of fused-ring (bicyclic) bond motifs is 2. The van der Waals surface area contributed by atoms with Gasteiger partial charge in [0, 0.05) is 29.6 Å². The zero-order valence-electron chi connectivity index (χ0n) is 17.1. The molecule has 2 aliphatic rings. The van der Waals surface area contributed by atoms with Crippen LogP contribution in [0.1, 0.15) is 25.0 Å². The summed E-state index contributed by atoms with van der Waals surface area (Å²) in [6, 6.07) is 12.4. The number of nitrogens with zero attached hydrogens (tertiary/aromatic N) is 4. The van der Waals surface area contributed by atoms with Gasteiger partial charge in [-0.25, -0.2) is 18.8 Å². The van der Waals surface area contributed by atoms with Gasteiger partial charge in [0.15, 0.2) is 5.82 Å². The molecule has 0 amide bonds. The third kappa shape index (κ3) is 3.00. The molecule has 9 heteroatoms. The number of H-pyrrole nitrogens is 1. The zero-order chi connectivity index (χ0) is 21.8. The molecule has 7 nitrogen and oxygen atoms in total. The van der Waals surface area contributed by atoms with Crippen molar-refractivity contribution in [2.75, 3.05) is 17.0 Å². The Labute approximate surface area is 182 Å². The second-order valence-electron chi connectivity index (χ2n) is 8.20. The first-order chi connectivity index (χ1) is 15.6. The van der Waals surface area contributed by atoms with E-state index in [4.69, 9.17) is 5.73 Å². The molecule has 0 unspecified atom stereocenters. The Morgan fingerprint density at radius 1 is 1.09 bits per heavy atom. The van der Waals surface area contributed by atoms with Crippen molar-refractivity contribution >= 4 is 28.5 Å². The summed E-state index contributed by atoms with van der Waals surface area (Å²) in [6.07, 6.45) is 5.67. The number of halogens is 2. The number of amidine groups is 1. The number of hydrogen-bond acceptors (Lipinski definition) is 5. The number of anilines is 2. The van der Waals surface area contributed by atoms with Crippen LogP contribution in [0, 0.1) is 11.6 Å². The summed E-state index contributed by atoms with van der Waals surface area (Å²) in [5, 5.41) is 5.38. The van der Waals surface area contributed by atoms with E-state index in [1.54, 1.807) is 0 Å². The smallest absolute Gasteiger partial charge is 0.205 e. The molecule has 0 saturated heterocycles. The molecule has 2 aromatic carbocycles. The molecule has 1 saturated carbocycles. The van der Waals surface area contributed by atoms with E-state index in [0.717, 1.165) is 28.6 Å². The average molecular weight is 433 g/mol. The van der Waals surface area contributed by atoms with Crippen molar-refractivity contribution in [3.8, 4) is 11.1 Å². The lowest BCUT2D eigenvalue weighted by atomic mass is 9.93. The Bertz CT molecular complexity index is 1350. The Kier molecular flexibility index (Phi) is 4.17. The van der Waals surface area contributed by atoms with Crippen LogP contribution in [-0.2, 0) is 0 Å². The van der Waals surface area contributed by atoms with Crippen molar-refractivity contribution in [2.45, 2.75) is 25.3 Å². The standard InChI is InChI=1S/C23H21F2N7/c24-14-10-18(25)20-19(11-14)29-23(30-20)28-15-6-4-13(5-7-15)17-8-9-31-21(17)22(26)27-12-32(31)16-2-1-3-16/h4-11,16H,1-3,12H2,(H2,26,27)(H2,28,29,30). The van der Waals surface area contributed by atoms with Gasteiger partial charge in [-0.1, -0.05) is 12.1 Å². The van der Waals surface area contributed by atoms with Gasteiger partial charge in [0.25, 0.3) is 0 Å². The lowest BCUT2D eigenvalue weighted by Crippen LogP contribution is -2.51. The molecular weight excluding hydrogens is 412 g/mol. The number of hydrogen-bond donors (Lipinski definition) is 3. The minimum Gasteiger partial charge on any atom is -0.382 e. The van der Waals surface area contributed by atoms with Crippen molar-refractivity contribution < 1.29 is 8.78 Å². The highest BCUT2D eigenvalue weighted by molar-refractivity contribution is 6.03. The molecule has 0 radical (unpaired) electrons. The van der Waals surface area contributed by atoms with E-state index in [1.807, 2.05) is 24.3 Å². The molecule has 1 fully saturated rings. The van der Waals surface area contributed by atoms with Gasteiger partial charge in [0.05, 0.1) is 5.52 Å². The minimum absolute atomic E-state index is 0.0942. The third-order valence-corrected chi connectivity index (χ3v) is 6.23. The molecule has 3 heterocycles. The van der Waals surface area contributed by atoms with Crippen LogP contribution in [0.3, 0.4) is 0 Å². The summed E-state index contributed by atoms with van der Waals surface area (Å²) in [5.41, 5.74) is 10.4. The number of aromatic nitrogens is 3. The van der Waals surface area contributed by atoms with Crippen molar-refractivity contribution in [3.63, 3.8) is 0 Å². The lowest BCUT2D eigenvalue weighted by molar-refractivity contribution is 0.329. The second kappa shape index (κ2) is 7.08. The van der Waals surface area contributed by atoms with Gasteiger partial charge in [-0.15, -0.1) is 0 Å². The number of benzene rings is 2. The monoisotopic (exact) mass is 433 g/mol. The van der Waals surface area contributed by atoms with E-state index in [-0.39, 0.29) is 5.52 Å². The summed E-state index contributed by atoms with van der Waals surface area (Å²) in [5.74, 6) is -0.470. The van der Waals surface area contributed by atoms with E-state index in [0.29, 0.717) is 30.0 Å². The number of rotatable bonds is 4. The van der Waals surface area contributed by atoms with Crippen LogP contribution >= 0.6 is 0 Å². The maximum absolute atomic E-state index is 13.9. The largest absolute Gasteiger partial charge is 0.382 e. The molecule has 32 heavy (non-hydrogen) atoms. The fourth-order valence-corrected chi connectivity index (χ4v) is 4.36. The van der Waals surface area contributed by atoms with Crippen LogP contribution in [0.2, 0.25) is 0 Å². The fourth-order valence-electron chi connectivity index (χ4n) is 4.36. The summed E-state index contributed by atoms with van der Waals surface area (Å²) in [6.45, 7) is 0.586. The first kappa shape index (κ1) is 18.9. The molecule has 6 rings (SSSR count). The third-order valence-electron chi connectivity index (χ3n) is 6.23. The maximum Gasteiger partial charge on any atom is 0.205 e. The van der Waals surface area contributed by atoms with Gasteiger partial charge < -0.3 is 16.0 Å². The van der Waals surface area contributed by atoms with Crippen molar-refractivity contribution in [3.05, 3.63) is 66.0 Å². The molecule has 0 spiro atoms. The van der Waals surface area contributed by atoms with Crippen LogP contribution in [0.25, 0.3) is 22.2 Å². The highest BCUT2D eigenvalue weighted by Gasteiger charge is 2.30. The van der Waals surface area contributed by atoms with E-state index in [2.05, 4.69) is 42.2 Å². The summed E-state index contributed by atoms with van der Waals surface area (Å²) < 4.78 is 29.5. The SMILES string of the molecule is NC1=NCN(C2CCC2)n2ccc(-c3ccc(Nc4nc5c(F)cc(F)cc5[nH]4)cc3)c21. The molecule has 2 aromatic heterocycles. The first-order valence-electron chi connectivity index (χ1n) is 10.6. The van der Waals surface area contributed by atoms with Crippen molar-refractivity contribution in [1.82, 2.24) is 14.6 Å². The molecule has 4 N–H and O–H groups in total. The van der Waals surface area contributed by atoms with Crippen LogP contribution in [0.15, 0.2) is 53.7 Å². The predicted octanol–water partition coefficient (Wildman–Crippen LogP) is 4.22.